The highest BCUT2D eigenvalue weighted by Crippen LogP contribution is 2.25. The molecule has 2 nitrogen and oxygen atoms in total. The van der Waals surface area contributed by atoms with Gasteiger partial charge in [0.1, 0.15) is 0 Å². The standard InChI is InChI=1S/C17H19NO.2C2H6/c1-14-6-4-8-16(12-14)17-10-3-2-7-15(17)9-5-11-18-13-19;2*1-2/h2-4,6-8,10,12-13H,5,9,11H2,1H3,(H,18,19);2*1-2H3. The molecule has 0 unspecified atom stereocenters. The maximum absolute atomic E-state index is 10.2. The molecule has 0 atom stereocenters. The van der Waals surface area contributed by atoms with Gasteiger partial charge in [-0.25, -0.2) is 0 Å². The zero-order valence-electron chi connectivity index (χ0n) is 15.2. The van der Waals surface area contributed by atoms with Gasteiger partial charge in [-0.3, -0.25) is 4.79 Å². The topological polar surface area (TPSA) is 29.1 Å². The third-order valence-electron chi connectivity index (χ3n) is 3.20. The van der Waals surface area contributed by atoms with E-state index in [0.717, 1.165) is 25.8 Å². The van der Waals surface area contributed by atoms with Gasteiger partial charge in [-0.15, -0.1) is 0 Å². The van der Waals surface area contributed by atoms with E-state index in [9.17, 15) is 4.79 Å². The molecule has 0 aliphatic heterocycles. The summed E-state index contributed by atoms with van der Waals surface area (Å²) in [6, 6.07) is 17.0. The van der Waals surface area contributed by atoms with Crippen LogP contribution in [0.25, 0.3) is 11.1 Å². The SMILES string of the molecule is CC.CC.Cc1cccc(-c2ccccc2CCCNC=O)c1. The molecular weight excluding hydrogens is 282 g/mol. The number of amides is 1. The first-order valence-corrected chi connectivity index (χ1v) is 8.63. The molecule has 1 amide bonds. The summed E-state index contributed by atoms with van der Waals surface area (Å²) >= 11 is 0. The van der Waals surface area contributed by atoms with E-state index in [2.05, 4.69) is 60.8 Å². The first kappa shape index (κ1) is 20.9. The Balaban J connectivity index is 0.00000112. The van der Waals surface area contributed by atoms with Crippen molar-refractivity contribution in [2.24, 2.45) is 0 Å². The van der Waals surface area contributed by atoms with E-state index in [0.29, 0.717) is 0 Å². The van der Waals surface area contributed by atoms with E-state index < -0.39 is 0 Å². The molecule has 2 aromatic carbocycles. The smallest absolute Gasteiger partial charge is 0.207 e. The van der Waals surface area contributed by atoms with Crippen molar-refractivity contribution < 1.29 is 4.79 Å². The molecule has 23 heavy (non-hydrogen) atoms. The number of nitrogens with one attached hydrogen (secondary N) is 1. The lowest BCUT2D eigenvalue weighted by Crippen LogP contribution is -2.12. The van der Waals surface area contributed by atoms with Gasteiger partial charge in [-0.05, 0) is 36.5 Å². The van der Waals surface area contributed by atoms with E-state index in [-0.39, 0.29) is 0 Å². The lowest BCUT2D eigenvalue weighted by Gasteiger charge is -2.10. The van der Waals surface area contributed by atoms with Crippen LogP contribution in [0, 0.1) is 6.92 Å². The second kappa shape index (κ2) is 13.6. The summed E-state index contributed by atoms with van der Waals surface area (Å²) in [4.78, 5) is 10.2. The van der Waals surface area contributed by atoms with Crippen LogP contribution in [0.5, 0.6) is 0 Å². The molecule has 2 aromatic rings. The maximum atomic E-state index is 10.2. The van der Waals surface area contributed by atoms with Crippen molar-refractivity contribution in [2.45, 2.75) is 47.5 Å². The van der Waals surface area contributed by atoms with Crippen LogP contribution >= 0.6 is 0 Å². The normalized spacial score (nSPS) is 8.91. The highest BCUT2D eigenvalue weighted by molar-refractivity contribution is 5.68. The van der Waals surface area contributed by atoms with Gasteiger partial charge >= 0.3 is 0 Å². The number of hydrogen-bond acceptors (Lipinski definition) is 1. The van der Waals surface area contributed by atoms with Crippen molar-refractivity contribution in [2.75, 3.05) is 6.54 Å². The summed E-state index contributed by atoms with van der Waals surface area (Å²) in [7, 11) is 0. The summed E-state index contributed by atoms with van der Waals surface area (Å²) in [5.41, 5.74) is 5.16. The van der Waals surface area contributed by atoms with Crippen LogP contribution in [0.15, 0.2) is 48.5 Å². The summed E-state index contributed by atoms with van der Waals surface area (Å²) in [5, 5.41) is 2.71. The molecule has 0 heterocycles. The van der Waals surface area contributed by atoms with Crippen molar-refractivity contribution in [3.63, 3.8) is 0 Å². The van der Waals surface area contributed by atoms with Gasteiger partial charge in [-0.2, -0.15) is 0 Å². The third-order valence-corrected chi connectivity index (χ3v) is 3.20. The van der Waals surface area contributed by atoms with Crippen LogP contribution in [0.2, 0.25) is 0 Å². The van der Waals surface area contributed by atoms with Crippen molar-refractivity contribution >= 4 is 6.41 Å². The van der Waals surface area contributed by atoms with E-state index >= 15 is 0 Å². The number of rotatable bonds is 6. The number of carbonyl (C=O) groups excluding carboxylic acids is 1. The zero-order valence-corrected chi connectivity index (χ0v) is 15.2. The molecule has 0 aliphatic rings. The molecule has 0 fully saturated rings. The molecule has 2 rings (SSSR count). The van der Waals surface area contributed by atoms with E-state index in [1.807, 2.05) is 27.7 Å². The van der Waals surface area contributed by atoms with Gasteiger partial charge in [0, 0.05) is 6.54 Å². The third kappa shape index (κ3) is 7.64. The summed E-state index contributed by atoms with van der Waals surface area (Å²) in [6.45, 7) is 10.8. The van der Waals surface area contributed by atoms with E-state index in [4.69, 9.17) is 0 Å². The van der Waals surface area contributed by atoms with Gasteiger partial charge < -0.3 is 5.32 Å². The average molecular weight is 313 g/mol. The minimum Gasteiger partial charge on any atom is -0.359 e. The summed E-state index contributed by atoms with van der Waals surface area (Å²) in [5.74, 6) is 0. The number of benzene rings is 2. The Bertz CT molecular complexity index is 549. The fourth-order valence-corrected chi connectivity index (χ4v) is 2.27. The first-order valence-electron chi connectivity index (χ1n) is 8.63. The molecule has 0 aliphatic carbocycles. The van der Waals surface area contributed by atoms with Crippen molar-refractivity contribution in [1.82, 2.24) is 5.32 Å². The molecule has 0 saturated heterocycles. The van der Waals surface area contributed by atoms with Gasteiger partial charge in [0.15, 0.2) is 0 Å². The van der Waals surface area contributed by atoms with Crippen LogP contribution in [-0.2, 0) is 11.2 Å². The van der Waals surface area contributed by atoms with Crippen LogP contribution in [-0.4, -0.2) is 13.0 Å². The minimum absolute atomic E-state index is 0.728. The largest absolute Gasteiger partial charge is 0.359 e. The predicted molar refractivity (Wildman–Crippen MR) is 102 cm³/mol. The Hall–Kier alpha value is -2.09. The van der Waals surface area contributed by atoms with Crippen LogP contribution in [0.4, 0.5) is 0 Å². The fraction of sp³-hybridized carbons (Fsp3) is 0.381. The molecule has 0 spiro atoms. The van der Waals surface area contributed by atoms with Crippen LogP contribution < -0.4 is 5.32 Å². The van der Waals surface area contributed by atoms with Gasteiger partial charge in [0.2, 0.25) is 6.41 Å². The lowest BCUT2D eigenvalue weighted by atomic mass is 9.96. The van der Waals surface area contributed by atoms with Gasteiger partial charge in [0.05, 0.1) is 0 Å². The molecule has 0 saturated carbocycles. The lowest BCUT2D eigenvalue weighted by molar-refractivity contribution is -0.109. The van der Waals surface area contributed by atoms with Crippen LogP contribution in [0.3, 0.4) is 0 Å². The van der Waals surface area contributed by atoms with Gasteiger partial charge in [0.25, 0.3) is 0 Å². The highest BCUT2D eigenvalue weighted by Gasteiger charge is 2.04. The van der Waals surface area contributed by atoms with Crippen molar-refractivity contribution in [3.8, 4) is 11.1 Å². The summed E-state index contributed by atoms with van der Waals surface area (Å²) in [6.07, 6.45) is 2.69. The zero-order chi connectivity index (χ0) is 17.5. The molecule has 1 N–H and O–H groups in total. The highest BCUT2D eigenvalue weighted by atomic mass is 16.1. The minimum atomic E-state index is 0.728. The molecule has 0 bridgehead atoms. The fourth-order valence-electron chi connectivity index (χ4n) is 2.27. The average Bonchev–Trinajstić information content (AvgIpc) is 2.62. The molecular formula is C21H31NO. The Morgan fingerprint density at radius 3 is 2.30 bits per heavy atom. The van der Waals surface area contributed by atoms with E-state index in [1.165, 1.54) is 22.3 Å². The molecule has 0 radical (unpaired) electrons. The molecule has 0 aromatic heterocycles. The quantitative estimate of drug-likeness (QED) is 0.562. The number of aryl methyl sites for hydroxylation is 2. The van der Waals surface area contributed by atoms with Crippen molar-refractivity contribution in [3.05, 3.63) is 59.7 Å². The van der Waals surface area contributed by atoms with Crippen LogP contribution in [0.1, 0.15) is 45.2 Å². The monoisotopic (exact) mass is 313 g/mol. The molecule has 126 valence electrons. The van der Waals surface area contributed by atoms with E-state index in [1.54, 1.807) is 0 Å². The second-order valence-electron chi connectivity index (χ2n) is 4.70. The Labute approximate surface area is 141 Å². The number of carbonyl (C=O) groups is 1. The maximum Gasteiger partial charge on any atom is 0.207 e. The van der Waals surface area contributed by atoms with Gasteiger partial charge in [-0.1, -0.05) is 81.8 Å². The Morgan fingerprint density at radius 1 is 0.957 bits per heavy atom. The Kier molecular flexibility index (Phi) is 12.3. The molecule has 2 heteroatoms. The second-order valence-corrected chi connectivity index (χ2v) is 4.70. The first-order chi connectivity index (χ1) is 11.3. The number of hydrogen-bond donors (Lipinski definition) is 1. The summed E-state index contributed by atoms with van der Waals surface area (Å²) < 4.78 is 0. The predicted octanol–water partition coefficient (Wildman–Crippen LogP) is 5.39. The Morgan fingerprint density at radius 2 is 1.65 bits per heavy atom. The van der Waals surface area contributed by atoms with Crippen molar-refractivity contribution in [1.29, 1.82) is 0 Å².